The summed E-state index contributed by atoms with van der Waals surface area (Å²) in [5.41, 5.74) is 2.39. The minimum atomic E-state index is 0.164. The summed E-state index contributed by atoms with van der Waals surface area (Å²) in [6.45, 7) is 0.804. The zero-order chi connectivity index (χ0) is 12.7. The zero-order valence-electron chi connectivity index (χ0n) is 9.53. The summed E-state index contributed by atoms with van der Waals surface area (Å²) >= 11 is 4.68. The fraction of sp³-hybridized carbons (Fsp3) is 0.143. The monoisotopic (exact) mass is 463 g/mol. The highest BCUT2D eigenvalue weighted by Crippen LogP contribution is 2.31. The highest BCUT2D eigenvalue weighted by molar-refractivity contribution is 14.1. The Labute approximate surface area is 132 Å². The van der Waals surface area contributed by atoms with Gasteiger partial charge in [0.2, 0.25) is 0 Å². The molecule has 0 fully saturated rings. The summed E-state index contributed by atoms with van der Waals surface area (Å²) in [4.78, 5) is 0. The number of halogens is 2. The quantitative estimate of drug-likeness (QED) is 0.572. The molecule has 0 radical (unpaired) electrons. The molecule has 0 amide bonds. The van der Waals surface area contributed by atoms with Crippen LogP contribution in [0.25, 0.3) is 21.8 Å². The molecule has 0 saturated carbocycles. The summed E-state index contributed by atoms with van der Waals surface area (Å²) < 4.78 is 4.67. The van der Waals surface area contributed by atoms with Crippen LogP contribution in [0.3, 0.4) is 0 Å². The molecule has 4 heteroatoms. The van der Waals surface area contributed by atoms with Gasteiger partial charge in [0.1, 0.15) is 0 Å². The Morgan fingerprint density at radius 1 is 0.889 bits per heavy atom. The maximum absolute atomic E-state index is 9.24. The average molecular weight is 463 g/mol. The highest BCUT2D eigenvalue weighted by Gasteiger charge is 2.10. The van der Waals surface area contributed by atoms with Gasteiger partial charge in [-0.15, -0.1) is 0 Å². The van der Waals surface area contributed by atoms with E-state index in [-0.39, 0.29) is 6.61 Å². The number of rotatable bonds is 2. The van der Waals surface area contributed by atoms with Crippen molar-refractivity contribution in [2.24, 2.45) is 0 Å². The van der Waals surface area contributed by atoms with Gasteiger partial charge in [0.15, 0.2) is 0 Å². The third kappa shape index (κ3) is 2.04. The summed E-state index contributed by atoms with van der Waals surface area (Å²) in [6.07, 6.45) is 0. The van der Waals surface area contributed by atoms with E-state index < -0.39 is 0 Å². The third-order valence-electron chi connectivity index (χ3n) is 3.11. The van der Waals surface area contributed by atoms with Crippen LogP contribution in [0.15, 0.2) is 36.4 Å². The molecule has 0 aliphatic heterocycles. The number of hydrogen-bond donors (Lipinski definition) is 1. The van der Waals surface area contributed by atoms with Crippen molar-refractivity contribution >= 4 is 67.0 Å². The summed E-state index contributed by atoms with van der Waals surface area (Å²) in [7, 11) is 0. The molecule has 0 unspecified atom stereocenters. The average Bonchev–Trinajstić information content (AvgIpc) is 2.64. The van der Waals surface area contributed by atoms with E-state index in [4.69, 9.17) is 0 Å². The molecule has 1 heterocycles. The number of fused-ring (bicyclic) bond motifs is 3. The minimum absolute atomic E-state index is 0.164. The second-order valence-electron chi connectivity index (χ2n) is 4.20. The molecule has 2 nitrogen and oxygen atoms in total. The topological polar surface area (TPSA) is 25.2 Å². The molecule has 1 aromatic heterocycles. The molecule has 3 aromatic rings. The molecule has 92 valence electrons. The van der Waals surface area contributed by atoms with Crippen LogP contribution in [-0.2, 0) is 6.54 Å². The van der Waals surface area contributed by atoms with Gasteiger partial charge in [-0.25, -0.2) is 0 Å². The summed E-state index contributed by atoms with van der Waals surface area (Å²) in [6, 6.07) is 12.9. The maximum Gasteiger partial charge on any atom is 0.0610 e. The van der Waals surface area contributed by atoms with E-state index in [1.807, 2.05) is 0 Å². The minimum Gasteiger partial charge on any atom is -0.395 e. The Morgan fingerprint density at radius 3 is 1.83 bits per heavy atom. The maximum atomic E-state index is 9.24. The molecule has 0 saturated heterocycles. The van der Waals surface area contributed by atoms with E-state index >= 15 is 0 Å². The third-order valence-corrected chi connectivity index (χ3v) is 4.45. The van der Waals surface area contributed by atoms with Gasteiger partial charge >= 0.3 is 0 Å². The van der Waals surface area contributed by atoms with Crippen LogP contribution < -0.4 is 0 Å². The van der Waals surface area contributed by atoms with E-state index in [2.05, 4.69) is 86.1 Å². The van der Waals surface area contributed by atoms with Crippen LogP contribution in [0, 0.1) is 7.14 Å². The number of benzene rings is 2. The zero-order valence-corrected chi connectivity index (χ0v) is 13.8. The fourth-order valence-corrected chi connectivity index (χ4v) is 3.37. The van der Waals surface area contributed by atoms with Crippen LogP contribution in [0.1, 0.15) is 0 Å². The lowest BCUT2D eigenvalue weighted by Gasteiger charge is -2.04. The van der Waals surface area contributed by atoms with Crippen LogP contribution in [0.5, 0.6) is 0 Å². The normalized spacial score (nSPS) is 11.5. The van der Waals surface area contributed by atoms with E-state index in [1.165, 1.54) is 28.9 Å². The van der Waals surface area contributed by atoms with Gasteiger partial charge in [-0.05, 0) is 81.6 Å². The van der Waals surface area contributed by atoms with Gasteiger partial charge in [0.25, 0.3) is 0 Å². The van der Waals surface area contributed by atoms with Crippen LogP contribution in [0.2, 0.25) is 0 Å². The molecule has 1 N–H and O–H groups in total. The Kier molecular flexibility index (Phi) is 3.50. The van der Waals surface area contributed by atoms with Crippen molar-refractivity contribution in [3.63, 3.8) is 0 Å². The fourth-order valence-electron chi connectivity index (χ4n) is 2.39. The van der Waals surface area contributed by atoms with Crippen molar-refractivity contribution in [2.45, 2.75) is 6.54 Å². The van der Waals surface area contributed by atoms with E-state index in [0.29, 0.717) is 6.54 Å². The van der Waals surface area contributed by atoms with E-state index in [1.54, 1.807) is 0 Å². The van der Waals surface area contributed by atoms with Gasteiger partial charge in [0, 0.05) is 35.5 Å². The largest absolute Gasteiger partial charge is 0.395 e. The van der Waals surface area contributed by atoms with Crippen molar-refractivity contribution in [1.82, 2.24) is 4.57 Å². The molecule has 18 heavy (non-hydrogen) atoms. The number of aliphatic hydroxyl groups is 1. The van der Waals surface area contributed by atoms with Gasteiger partial charge in [-0.2, -0.15) is 0 Å². The highest BCUT2D eigenvalue weighted by atomic mass is 127. The van der Waals surface area contributed by atoms with Crippen molar-refractivity contribution in [1.29, 1.82) is 0 Å². The molecular formula is C14H11I2NO. The Balaban J connectivity index is 2.48. The number of aliphatic hydroxyl groups excluding tert-OH is 1. The predicted octanol–water partition coefficient (Wildman–Crippen LogP) is 4.00. The van der Waals surface area contributed by atoms with Gasteiger partial charge in [-0.3, -0.25) is 0 Å². The Bertz CT molecular complexity index is 674. The predicted molar refractivity (Wildman–Crippen MR) is 92.0 cm³/mol. The molecular weight excluding hydrogens is 452 g/mol. The van der Waals surface area contributed by atoms with Crippen molar-refractivity contribution in [3.8, 4) is 0 Å². The van der Waals surface area contributed by atoms with Crippen LogP contribution >= 0.6 is 45.2 Å². The van der Waals surface area contributed by atoms with Crippen LogP contribution in [-0.4, -0.2) is 16.3 Å². The lowest BCUT2D eigenvalue weighted by Crippen LogP contribution is -2.01. The molecule has 2 aromatic carbocycles. The molecule has 0 aliphatic carbocycles. The molecule has 0 aliphatic rings. The first-order chi connectivity index (χ1) is 8.70. The second kappa shape index (κ2) is 4.97. The Morgan fingerprint density at radius 2 is 1.39 bits per heavy atom. The van der Waals surface area contributed by atoms with Gasteiger partial charge in [-0.1, -0.05) is 0 Å². The van der Waals surface area contributed by atoms with E-state index in [9.17, 15) is 5.11 Å². The first-order valence-electron chi connectivity index (χ1n) is 5.68. The molecule has 0 atom stereocenters. The van der Waals surface area contributed by atoms with Crippen molar-refractivity contribution in [2.75, 3.05) is 6.61 Å². The summed E-state index contributed by atoms with van der Waals surface area (Å²) in [5, 5.41) is 11.8. The van der Waals surface area contributed by atoms with Gasteiger partial charge in [0.05, 0.1) is 6.61 Å². The first-order valence-corrected chi connectivity index (χ1v) is 7.84. The van der Waals surface area contributed by atoms with Crippen LogP contribution in [0.4, 0.5) is 0 Å². The lowest BCUT2D eigenvalue weighted by molar-refractivity contribution is 0.280. The summed E-state index contributed by atoms with van der Waals surface area (Å²) in [5.74, 6) is 0. The molecule has 3 rings (SSSR count). The van der Waals surface area contributed by atoms with Crippen molar-refractivity contribution < 1.29 is 5.11 Å². The second-order valence-corrected chi connectivity index (χ2v) is 6.69. The van der Waals surface area contributed by atoms with Gasteiger partial charge < -0.3 is 9.67 Å². The number of hydrogen-bond acceptors (Lipinski definition) is 1. The standard InChI is InChI=1S/C14H11I2NO/c15-9-1-3-13-11(7-9)12-8-10(16)2-4-14(12)17(13)5-6-18/h1-4,7-8,18H,5-6H2. The lowest BCUT2D eigenvalue weighted by atomic mass is 10.2. The molecule has 0 bridgehead atoms. The number of nitrogens with zero attached hydrogens (tertiary/aromatic N) is 1. The van der Waals surface area contributed by atoms with Crippen molar-refractivity contribution in [3.05, 3.63) is 43.5 Å². The molecule has 0 spiro atoms. The smallest absolute Gasteiger partial charge is 0.0610 e. The SMILES string of the molecule is OCCn1c2ccc(I)cc2c2cc(I)ccc21. The van der Waals surface area contributed by atoms with E-state index in [0.717, 1.165) is 0 Å². The number of aromatic nitrogens is 1. The first kappa shape index (κ1) is 12.7. The Hall–Kier alpha value is -0.340.